The van der Waals surface area contributed by atoms with Crippen molar-refractivity contribution in [2.75, 3.05) is 0 Å². The molecule has 0 amide bonds. The summed E-state index contributed by atoms with van der Waals surface area (Å²) in [7, 11) is -8.86. The zero-order valence-corrected chi connectivity index (χ0v) is 31.1. The largest absolute Gasteiger partial charge is 0.361 e. The molecule has 3 aliphatic heterocycles. The predicted molar refractivity (Wildman–Crippen MR) is 219 cm³/mol. The summed E-state index contributed by atoms with van der Waals surface area (Å²) in [5.74, 6) is 0. The summed E-state index contributed by atoms with van der Waals surface area (Å²) in [5.41, 5.74) is 12.7. The van der Waals surface area contributed by atoms with Crippen molar-refractivity contribution in [3.63, 3.8) is 0 Å². The van der Waals surface area contributed by atoms with Crippen molar-refractivity contribution in [1.29, 1.82) is 0 Å². The Morgan fingerprint density at radius 2 is 0.750 bits per heavy atom. The Morgan fingerprint density at radius 3 is 1.14 bits per heavy atom. The predicted octanol–water partition coefficient (Wildman–Crippen LogP) is 9.32. The Morgan fingerprint density at radius 1 is 0.411 bits per heavy atom. The topological polar surface area (TPSA) is 166 Å². The van der Waals surface area contributed by atoms with Crippen molar-refractivity contribution in [3.8, 4) is 44.5 Å². The maximum Gasteiger partial charge on any atom is 0.294 e. The first-order valence-corrected chi connectivity index (χ1v) is 20.6. The number of nitrogens with one attached hydrogen (secondary N) is 2. The van der Waals surface area contributed by atoms with E-state index in [-0.39, 0.29) is 9.79 Å². The molecule has 2 aromatic heterocycles. The van der Waals surface area contributed by atoms with Gasteiger partial charge in [0.15, 0.2) is 0 Å². The molecule has 0 saturated heterocycles. The number of rotatable bonds is 6. The van der Waals surface area contributed by atoms with E-state index in [0.29, 0.717) is 46.4 Å². The quantitative estimate of drug-likeness (QED) is 0.121. The van der Waals surface area contributed by atoms with Gasteiger partial charge in [0, 0.05) is 44.7 Å². The van der Waals surface area contributed by atoms with Gasteiger partial charge in [0.1, 0.15) is 0 Å². The van der Waals surface area contributed by atoms with Gasteiger partial charge in [0.05, 0.1) is 32.6 Å². The number of aromatic nitrogens is 4. The van der Waals surface area contributed by atoms with Gasteiger partial charge in [-0.3, -0.25) is 9.11 Å². The van der Waals surface area contributed by atoms with Crippen molar-refractivity contribution in [2.45, 2.75) is 22.6 Å². The summed E-state index contributed by atoms with van der Waals surface area (Å²) >= 11 is 0. The molecule has 12 heteroatoms. The first-order valence-electron chi connectivity index (χ1n) is 17.7. The zero-order chi connectivity index (χ0) is 38.6. The minimum absolute atomic E-state index is 0.223. The van der Waals surface area contributed by atoms with Gasteiger partial charge in [-0.2, -0.15) is 16.8 Å². The molecule has 0 aliphatic carbocycles. The molecule has 6 aromatic rings. The molecule has 56 heavy (non-hydrogen) atoms. The second-order valence-corrected chi connectivity index (χ2v) is 16.4. The molecule has 0 fully saturated rings. The number of fused-ring (bicyclic) bond motifs is 8. The Hall–Kier alpha value is -6.44. The normalized spacial score (nSPS) is 13.2. The third-order valence-electron chi connectivity index (χ3n) is 10.1. The molecule has 276 valence electrons. The first-order chi connectivity index (χ1) is 27.0. The molecule has 0 saturated carbocycles. The van der Waals surface area contributed by atoms with Crippen molar-refractivity contribution in [3.05, 3.63) is 155 Å². The fourth-order valence-corrected chi connectivity index (χ4v) is 8.49. The van der Waals surface area contributed by atoms with E-state index in [0.717, 1.165) is 56.1 Å². The molecule has 9 rings (SSSR count). The van der Waals surface area contributed by atoms with E-state index in [1.807, 2.05) is 85.0 Å². The van der Waals surface area contributed by atoms with Crippen LogP contribution in [0.5, 0.6) is 0 Å². The summed E-state index contributed by atoms with van der Waals surface area (Å²) < 4.78 is 67.4. The Labute approximate surface area is 322 Å². The standard InChI is InChI=1S/C44H32N4O6S2/c49-55(50,51)31-15-11-29(12-16-31)43-37-23-21-35(46-37)41(27-7-3-1-4-8-27)33-19-20-34(45-33)42(28-9-5-2-6-10-28)36-22-24-38(47-36)44(40-26-25-39(43)48-40)30-13-17-32(18-14-30)56(52,53)54/h1-21,23,25-26,46-47H,22,24H2,(H,49,50,51)(H,52,53,54). The highest BCUT2D eigenvalue weighted by molar-refractivity contribution is 7.86. The summed E-state index contributed by atoms with van der Waals surface area (Å²) in [5, 5.41) is 0. The number of hydrogen-bond acceptors (Lipinski definition) is 6. The van der Waals surface area contributed by atoms with Gasteiger partial charge in [-0.25, -0.2) is 9.97 Å². The third kappa shape index (κ3) is 6.54. The number of nitrogens with zero attached hydrogens (tertiary/aromatic N) is 2. The van der Waals surface area contributed by atoms with Gasteiger partial charge in [0.2, 0.25) is 0 Å². The van der Waals surface area contributed by atoms with Crippen LogP contribution in [0.2, 0.25) is 0 Å². The lowest BCUT2D eigenvalue weighted by atomic mass is 9.99. The minimum Gasteiger partial charge on any atom is -0.361 e. The number of H-pyrrole nitrogens is 2. The molecular weight excluding hydrogens is 745 g/mol. The van der Waals surface area contributed by atoms with Crippen LogP contribution in [-0.2, 0) is 33.1 Å². The van der Waals surface area contributed by atoms with E-state index in [1.165, 1.54) is 24.3 Å². The van der Waals surface area contributed by atoms with Crippen LogP contribution in [0.25, 0.3) is 79.8 Å². The molecule has 5 heterocycles. The maximum atomic E-state index is 12.0. The van der Waals surface area contributed by atoms with Crippen LogP contribution < -0.4 is 0 Å². The van der Waals surface area contributed by atoms with Gasteiger partial charge >= 0.3 is 0 Å². The Kier molecular flexibility index (Phi) is 8.63. The molecular formula is C44H32N4O6S2. The molecule has 4 N–H and O–H groups in total. The van der Waals surface area contributed by atoms with Crippen LogP contribution in [0.15, 0.2) is 131 Å². The van der Waals surface area contributed by atoms with Gasteiger partial charge in [-0.05, 0) is 95.8 Å². The van der Waals surface area contributed by atoms with Crippen molar-refractivity contribution >= 4 is 55.6 Å². The van der Waals surface area contributed by atoms with Crippen molar-refractivity contribution in [2.24, 2.45) is 0 Å². The average Bonchev–Trinajstić information content (AvgIpc) is 4.03. The summed E-state index contributed by atoms with van der Waals surface area (Å²) in [6.07, 6.45) is 9.13. The van der Waals surface area contributed by atoms with Crippen LogP contribution in [-0.4, -0.2) is 45.9 Å². The number of benzene rings is 4. The molecule has 0 atom stereocenters. The lowest BCUT2D eigenvalue weighted by molar-refractivity contribution is 0.481. The first kappa shape index (κ1) is 35.3. The molecule has 10 nitrogen and oxygen atoms in total. The molecule has 0 unspecified atom stereocenters. The second kappa shape index (κ2) is 13.7. The van der Waals surface area contributed by atoms with Crippen LogP contribution >= 0.6 is 0 Å². The molecule has 0 spiro atoms. The lowest BCUT2D eigenvalue weighted by Gasteiger charge is -2.08. The van der Waals surface area contributed by atoms with E-state index in [2.05, 4.69) is 22.1 Å². The van der Waals surface area contributed by atoms with E-state index in [4.69, 9.17) is 9.97 Å². The van der Waals surface area contributed by atoms with E-state index in [9.17, 15) is 25.9 Å². The number of aryl methyl sites for hydroxylation is 2. The van der Waals surface area contributed by atoms with Gasteiger partial charge in [0.25, 0.3) is 20.2 Å². The van der Waals surface area contributed by atoms with E-state index in [1.54, 1.807) is 24.3 Å². The minimum atomic E-state index is -4.43. The van der Waals surface area contributed by atoms with Crippen LogP contribution in [0, 0.1) is 0 Å². The number of hydrogen-bond donors (Lipinski definition) is 4. The number of aromatic amines is 2. The molecule has 8 bridgehead atoms. The van der Waals surface area contributed by atoms with Crippen LogP contribution in [0.3, 0.4) is 0 Å². The Balaban J connectivity index is 1.43. The fourth-order valence-electron chi connectivity index (χ4n) is 7.53. The molecule has 4 aromatic carbocycles. The van der Waals surface area contributed by atoms with Crippen LogP contribution in [0.4, 0.5) is 0 Å². The monoisotopic (exact) mass is 776 g/mol. The van der Waals surface area contributed by atoms with E-state index >= 15 is 0 Å². The maximum absolute atomic E-state index is 12.0. The van der Waals surface area contributed by atoms with Crippen molar-refractivity contribution < 1.29 is 25.9 Å². The summed E-state index contributed by atoms with van der Waals surface area (Å²) in [6, 6.07) is 36.1. The van der Waals surface area contributed by atoms with Gasteiger partial charge in [-0.15, -0.1) is 0 Å². The van der Waals surface area contributed by atoms with Crippen molar-refractivity contribution in [1.82, 2.24) is 19.9 Å². The fraction of sp³-hybridized carbons (Fsp3) is 0.0455. The second-order valence-electron chi connectivity index (χ2n) is 13.5. The molecule has 3 aliphatic rings. The van der Waals surface area contributed by atoms with Crippen LogP contribution in [0.1, 0.15) is 34.2 Å². The highest BCUT2D eigenvalue weighted by Crippen LogP contribution is 2.39. The zero-order valence-electron chi connectivity index (χ0n) is 29.5. The highest BCUT2D eigenvalue weighted by atomic mass is 32.2. The summed E-state index contributed by atoms with van der Waals surface area (Å²) in [4.78, 5) is 17.4. The highest BCUT2D eigenvalue weighted by Gasteiger charge is 2.23. The molecule has 0 radical (unpaired) electrons. The summed E-state index contributed by atoms with van der Waals surface area (Å²) in [6.45, 7) is 0. The lowest BCUT2D eigenvalue weighted by Crippen LogP contribution is -1.98. The third-order valence-corrected chi connectivity index (χ3v) is 11.8. The van der Waals surface area contributed by atoms with E-state index < -0.39 is 20.2 Å². The van der Waals surface area contributed by atoms with Gasteiger partial charge < -0.3 is 9.97 Å². The average molecular weight is 777 g/mol. The SMILES string of the molecule is O=S(=O)(O)c1ccc(-c2c3nc(c(-c4ccc(S(=O)(=O)O)cc4)c4ccc([nH]4)c(-c4ccccc4)c4nc(c(-c5ccccc5)c5[nH]c2CC5)C=C4)C=C3)cc1. The smallest absolute Gasteiger partial charge is 0.294 e. The Bertz CT molecular complexity index is 3040. The van der Waals surface area contributed by atoms with Gasteiger partial charge in [-0.1, -0.05) is 84.9 Å².